The van der Waals surface area contributed by atoms with Crippen molar-refractivity contribution in [1.29, 1.82) is 5.26 Å². The van der Waals surface area contributed by atoms with Crippen molar-refractivity contribution in [2.75, 3.05) is 6.61 Å². The highest BCUT2D eigenvalue weighted by atomic mass is 35.5. The maximum atomic E-state index is 11.5. The molecule has 0 aromatic heterocycles. The monoisotopic (exact) mass is 251 g/mol. The van der Waals surface area contributed by atoms with Gasteiger partial charge in [-0.2, -0.15) is 5.26 Å². The number of benzene rings is 1. The zero-order valence-electron chi connectivity index (χ0n) is 9.65. The van der Waals surface area contributed by atoms with Gasteiger partial charge in [-0.15, -0.1) is 0 Å². The van der Waals surface area contributed by atoms with E-state index < -0.39 is 10.8 Å². The Balaban J connectivity index is 2.65. The number of carbonyl (C=O) groups excluding carboxylic acids is 1. The van der Waals surface area contributed by atoms with E-state index in [2.05, 4.69) is 0 Å². The molecule has 1 aromatic rings. The smallest absolute Gasteiger partial charge is 0.341 e. The van der Waals surface area contributed by atoms with Crippen molar-refractivity contribution in [2.24, 2.45) is 0 Å². The molecule has 0 spiro atoms. The zero-order valence-corrected chi connectivity index (χ0v) is 10.4. The Kier molecular flexibility index (Phi) is 4.99. The van der Waals surface area contributed by atoms with E-state index in [1.807, 2.05) is 36.4 Å². The molecule has 17 heavy (non-hydrogen) atoms. The normalized spacial score (nSPS) is 13.5. The first-order chi connectivity index (χ1) is 8.12. The molecule has 0 saturated heterocycles. The molecule has 4 heteroatoms. The molecule has 0 heterocycles. The van der Waals surface area contributed by atoms with Crippen molar-refractivity contribution in [2.45, 2.75) is 24.6 Å². The summed E-state index contributed by atoms with van der Waals surface area (Å²) in [5.74, 6) is -0.667. The van der Waals surface area contributed by atoms with Gasteiger partial charge in [-0.25, -0.2) is 4.79 Å². The van der Waals surface area contributed by atoms with E-state index in [0.717, 1.165) is 5.56 Å². The molecular formula is C13H14ClNO2. The van der Waals surface area contributed by atoms with Crippen LogP contribution in [-0.4, -0.2) is 17.5 Å². The van der Waals surface area contributed by atoms with Crippen LogP contribution in [0.5, 0.6) is 0 Å². The lowest BCUT2D eigenvalue weighted by Gasteiger charge is -2.16. The number of nitriles is 1. The lowest BCUT2D eigenvalue weighted by Crippen LogP contribution is -2.33. The summed E-state index contributed by atoms with van der Waals surface area (Å²) in [5.41, 5.74) is 1.04. The van der Waals surface area contributed by atoms with Gasteiger partial charge in [-0.1, -0.05) is 41.9 Å². The first kappa shape index (κ1) is 13.5. The molecule has 1 unspecified atom stereocenters. The highest BCUT2D eigenvalue weighted by Gasteiger charge is 2.37. The van der Waals surface area contributed by atoms with Crippen LogP contribution in [0.25, 0.3) is 0 Å². The van der Waals surface area contributed by atoms with Crippen molar-refractivity contribution in [1.82, 2.24) is 0 Å². The van der Waals surface area contributed by atoms with Gasteiger partial charge in [-0.3, -0.25) is 0 Å². The minimum absolute atomic E-state index is 0.223. The van der Waals surface area contributed by atoms with E-state index in [1.165, 1.54) is 0 Å². The minimum Gasteiger partial charge on any atom is -0.464 e. The van der Waals surface area contributed by atoms with Crippen LogP contribution in [0.15, 0.2) is 30.3 Å². The van der Waals surface area contributed by atoms with Crippen LogP contribution >= 0.6 is 11.6 Å². The fourth-order valence-electron chi connectivity index (χ4n) is 1.41. The van der Waals surface area contributed by atoms with Crippen LogP contribution in [-0.2, 0) is 16.0 Å². The Hall–Kier alpha value is -1.53. The standard InChI is InChI=1S/C13H14ClNO2/c1-2-17-12(16)13(14,10-15)9-8-11-6-4-3-5-7-11/h3-7H,2,8-9H2,1H3. The number of nitrogens with zero attached hydrogens (tertiary/aromatic N) is 1. The number of halogens is 1. The van der Waals surface area contributed by atoms with Gasteiger partial charge in [0, 0.05) is 0 Å². The van der Waals surface area contributed by atoms with Crippen LogP contribution in [0.4, 0.5) is 0 Å². The lowest BCUT2D eigenvalue weighted by atomic mass is 10.00. The summed E-state index contributed by atoms with van der Waals surface area (Å²) >= 11 is 5.97. The first-order valence-corrected chi connectivity index (χ1v) is 5.81. The molecule has 0 fully saturated rings. The van der Waals surface area contributed by atoms with Gasteiger partial charge in [0.2, 0.25) is 4.87 Å². The molecule has 1 aromatic carbocycles. The Morgan fingerprint density at radius 1 is 1.47 bits per heavy atom. The molecule has 0 amide bonds. The Bertz CT molecular complexity index is 413. The summed E-state index contributed by atoms with van der Waals surface area (Å²) in [5, 5.41) is 8.98. The van der Waals surface area contributed by atoms with Crippen molar-refractivity contribution < 1.29 is 9.53 Å². The minimum atomic E-state index is -1.58. The second-order valence-electron chi connectivity index (χ2n) is 3.62. The molecule has 90 valence electrons. The van der Waals surface area contributed by atoms with Gasteiger partial charge < -0.3 is 4.74 Å². The van der Waals surface area contributed by atoms with Crippen LogP contribution in [0, 0.1) is 11.3 Å². The molecule has 0 radical (unpaired) electrons. The predicted molar refractivity (Wildman–Crippen MR) is 65.6 cm³/mol. The van der Waals surface area contributed by atoms with E-state index in [0.29, 0.717) is 6.42 Å². The number of hydrogen-bond donors (Lipinski definition) is 0. The van der Waals surface area contributed by atoms with Gasteiger partial charge in [0.1, 0.15) is 0 Å². The fraction of sp³-hybridized carbons (Fsp3) is 0.385. The summed E-state index contributed by atoms with van der Waals surface area (Å²) in [6, 6.07) is 11.4. The average Bonchev–Trinajstić information content (AvgIpc) is 2.37. The number of hydrogen-bond acceptors (Lipinski definition) is 3. The van der Waals surface area contributed by atoms with Gasteiger partial charge >= 0.3 is 5.97 Å². The van der Waals surface area contributed by atoms with Crippen LogP contribution in [0.3, 0.4) is 0 Å². The van der Waals surface area contributed by atoms with Gasteiger partial charge in [0.25, 0.3) is 0 Å². The largest absolute Gasteiger partial charge is 0.464 e. The number of carbonyl (C=O) groups is 1. The summed E-state index contributed by atoms with van der Waals surface area (Å²) in [6.45, 7) is 1.91. The number of alkyl halides is 1. The number of rotatable bonds is 5. The van der Waals surface area contributed by atoms with Gasteiger partial charge in [0.15, 0.2) is 0 Å². The topological polar surface area (TPSA) is 50.1 Å². The molecule has 0 aliphatic heterocycles. The highest BCUT2D eigenvalue weighted by Crippen LogP contribution is 2.23. The zero-order chi connectivity index (χ0) is 12.7. The third-order valence-electron chi connectivity index (χ3n) is 2.38. The molecule has 1 atom stereocenters. The summed E-state index contributed by atoms with van der Waals surface area (Å²) in [6.07, 6.45) is 0.810. The van der Waals surface area contributed by atoms with Crippen LogP contribution in [0.2, 0.25) is 0 Å². The second-order valence-corrected chi connectivity index (χ2v) is 4.26. The molecule has 0 aliphatic rings. The van der Waals surface area contributed by atoms with E-state index in [9.17, 15) is 4.79 Å². The summed E-state index contributed by atoms with van der Waals surface area (Å²) in [7, 11) is 0. The van der Waals surface area contributed by atoms with Crippen LogP contribution < -0.4 is 0 Å². The third kappa shape index (κ3) is 3.76. The molecule has 0 saturated carbocycles. The van der Waals surface area contributed by atoms with Crippen molar-refractivity contribution in [3.05, 3.63) is 35.9 Å². The van der Waals surface area contributed by atoms with Crippen molar-refractivity contribution in [3.63, 3.8) is 0 Å². The molecule has 3 nitrogen and oxygen atoms in total. The summed E-state index contributed by atoms with van der Waals surface area (Å²) < 4.78 is 4.79. The van der Waals surface area contributed by atoms with Crippen LogP contribution in [0.1, 0.15) is 18.9 Å². The molecule has 0 N–H and O–H groups in total. The van der Waals surface area contributed by atoms with Crippen molar-refractivity contribution >= 4 is 17.6 Å². The molecule has 0 bridgehead atoms. The van der Waals surface area contributed by atoms with E-state index in [-0.39, 0.29) is 13.0 Å². The Labute approximate surface area is 106 Å². The van der Waals surface area contributed by atoms with Gasteiger partial charge in [0.05, 0.1) is 12.7 Å². The highest BCUT2D eigenvalue weighted by molar-refractivity contribution is 6.36. The van der Waals surface area contributed by atoms with E-state index >= 15 is 0 Å². The summed E-state index contributed by atoms with van der Waals surface area (Å²) in [4.78, 5) is 9.96. The third-order valence-corrected chi connectivity index (χ3v) is 2.80. The van der Waals surface area contributed by atoms with E-state index in [4.69, 9.17) is 21.6 Å². The maximum Gasteiger partial charge on any atom is 0.341 e. The second kappa shape index (κ2) is 6.27. The van der Waals surface area contributed by atoms with Crippen molar-refractivity contribution in [3.8, 4) is 6.07 Å². The van der Waals surface area contributed by atoms with E-state index in [1.54, 1.807) is 6.92 Å². The Morgan fingerprint density at radius 3 is 2.65 bits per heavy atom. The van der Waals surface area contributed by atoms with Gasteiger partial charge in [-0.05, 0) is 25.3 Å². The SMILES string of the molecule is CCOC(=O)C(Cl)(C#N)CCc1ccccc1. The fourth-order valence-corrected chi connectivity index (χ4v) is 1.56. The quantitative estimate of drug-likeness (QED) is 0.597. The molecule has 0 aliphatic carbocycles. The Morgan fingerprint density at radius 2 is 2.12 bits per heavy atom. The number of aryl methyl sites for hydroxylation is 1. The number of ether oxygens (including phenoxy) is 1. The first-order valence-electron chi connectivity index (χ1n) is 5.43. The maximum absolute atomic E-state index is 11.5. The lowest BCUT2D eigenvalue weighted by molar-refractivity contribution is -0.144. The molecular weight excluding hydrogens is 238 g/mol. The predicted octanol–water partition coefficient (Wildman–Crippen LogP) is 2.68. The average molecular weight is 252 g/mol. The number of esters is 1. The molecule has 1 rings (SSSR count).